The molecule has 0 radical (unpaired) electrons. The minimum Gasteiger partial charge on any atom is -0.386 e. The van der Waals surface area contributed by atoms with Crippen molar-refractivity contribution in [2.24, 2.45) is 0 Å². The summed E-state index contributed by atoms with van der Waals surface area (Å²) in [7, 11) is 0. The fourth-order valence-electron chi connectivity index (χ4n) is 1.52. The van der Waals surface area contributed by atoms with Gasteiger partial charge in [-0.3, -0.25) is 0 Å². The molecule has 1 aromatic heterocycles. The molecule has 17 heavy (non-hydrogen) atoms. The molecule has 0 aliphatic carbocycles. The van der Waals surface area contributed by atoms with Gasteiger partial charge in [-0.2, -0.15) is 0 Å². The highest BCUT2D eigenvalue weighted by Crippen LogP contribution is 2.19. The van der Waals surface area contributed by atoms with Gasteiger partial charge in [0.05, 0.1) is 5.69 Å². The Kier molecular flexibility index (Phi) is 3.39. The number of halogens is 2. The molecule has 1 atom stereocenters. The zero-order valence-corrected chi connectivity index (χ0v) is 8.85. The quantitative estimate of drug-likeness (QED) is 0.886. The maximum atomic E-state index is 13.4. The Morgan fingerprint density at radius 1 is 1.24 bits per heavy atom. The molecule has 2 rings (SSSR count). The number of aliphatic hydroxyl groups is 1. The lowest BCUT2D eigenvalue weighted by Gasteiger charge is -2.10. The van der Waals surface area contributed by atoms with Crippen LogP contribution in [0.4, 0.5) is 8.78 Å². The monoisotopic (exact) mass is 236 g/mol. The van der Waals surface area contributed by atoms with Crippen LogP contribution in [-0.4, -0.2) is 15.1 Å². The van der Waals surface area contributed by atoms with Gasteiger partial charge in [0.15, 0.2) is 11.6 Å². The third-order valence-corrected chi connectivity index (χ3v) is 2.39. The first-order chi connectivity index (χ1) is 8.18. The van der Waals surface area contributed by atoms with Gasteiger partial charge in [0.2, 0.25) is 0 Å². The number of benzene rings is 1. The molecule has 0 spiro atoms. The summed E-state index contributed by atoms with van der Waals surface area (Å²) in [5, 5.41) is 9.81. The van der Waals surface area contributed by atoms with Crippen LogP contribution in [0.25, 0.3) is 0 Å². The largest absolute Gasteiger partial charge is 0.386 e. The summed E-state index contributed by atoms with van der Waals surface area (Å²) in [6.45, 7) is 0. The van der Waals surface area contributed by atoms with Crippen molar-refractivity contribution in [2.45, 2.75) is 12.5 Å². The lowest BCUT2D eigenvalue weighted by molar-refractivity contribution is 0.172. The number of rotatable bonds is 3. The number of aromatic nitrogens is 2. The highest BCUT2D eigenvalue weighted by atomic mass is 19.2. The van der Waals surface area contributed by atoms with Crippen LogP contribution in [0.1, 0.15) is 17.4 Å². The summed E-state index contributed by atoms with van der Waals surface area (Å²) in [6.07, 6.45) is 1.77. The van der Waals surface area contributed by atoms with E-state index in [-0.39, 0.29) is 12.0 Å². The second-order valence-corrected chi connectivity index (χ2v) is 3.57. The van der Waals surface area contributed by atoms with E-state index in [0.29, 0.717) is 5.69 Å². The van der Waals surface area contributed by atoms with Crippen molar-refractivity contribution in [3.63, 3.8) is 0 Å². The summed E-state index contributed by atoms with van der Waals surface area (Å²) in [5.41, 5.74) is 0.500. The smallest absolute Gasteiger partial charge is 0.162 e. The lowest BCUT2D eigenvalue weighted by atomic mass is 10.0. The zero-order valence-electron chi connectivity index (χ0n) is 8.85. The molecule has 1 unspecified atom stereocenters. The summed E-state index contributed by atoms with van der Waals surface area (Å²) in [4.78, 5) is 7.56. The van der Waals surface area contributed by atoms with E-state index in [0.717, 1.165) is 6.07 Å². The predicted molar refractivity (Wildman–Crippen MR) is 57.1 cm³/mol. The number of nitrogens with zero attached hydrogens (tertiary/aromatic N) is 2. The van der Waals surface area contributed by atoms with Crippen molar-refractivity contribution < 1.29 is 13.9 Å². The SMILES string of the molecule is OC(Cc1cccc(F)c1F)c1ccncn1. The van der Waals surface area contributed by atoms with E-state index in [4.69, 9.17) is 0 Å². The van der Waals surface area contributed by atoms with Crippen molar-refractivity contribution in [1.82, 2.24) is 9.97 Å². The maximum absolute atomic E-state index is 13.4. The van der Waals surface area contributed by atoms with Crippen LogP contribution < -0.4 is 0 Å². The number of hydrogen-bond donors (Lipinski definition) is 1. The second-order valence-electron chi connectivity index (χ2n) is 3.57. The average molecular weight is 236 g/mol. The Bertz CT molecular complexity index is 505. The van der Waals surface area contributed by atoms with Gasteiger partial charge in [0.1, 0.15) is 12.4 Å². The van der Waals surface area contributed by atoms with E-state index in [1.165, 1.54) is 30.7 Å². The molecule has 1 aromatic carbocycles. The van der Waals surface area contributed by atoms with E-state index in [2.05, 4.69) is 9.97 Å². The van der Waals surface area contributed by atoms with Crippen molar-refractivity contribution >= 4 is 0 Å². The van der Waals surface area contributed by atoms with Crippen LogP contribution in [0.2, 0.25) is 0 Å². The minimum atomic E-state index is -0.978. The number of aliphatic hydroxyl groups excluding tert-OH is 1. The molecule has 5 heteroatoms. The van der Waals surface area contributed by atoms with Gasteiger partial charge in [-0.1, -0.05) is 12.1 Å². The molecular weight excluding hydrogens is 226 g/mol. The van der Waals surface area contributed by atoms with Gasteiger partial charge >= 0.3 is 0 Å². The minimum absolute atomic E-state index is 0.0272. The van der Waals surface area contributed by atoms with Crippen LogP contribution in [0.15, 0.2) is 36.8 Å². The van der Waals surface area contributed by atoms with E-state index in [1.54, 1.807) is 0 Å². The first-order valence-corrected chi connectivity index (χ1v) is 5.05. The molecule has 1 N–H and O–H groups in total. The Morgan fingerprint density at radius 3 is 2.76 bits per heavy atom. The molecule has 0 aliphatic heterocycles. The zero-order chi connectivity index (χ0) is 12.3. The van der Waals surface area contributed by atoms with Crippen LogP contribution in [0.3, 0.4) is 0 Å². The van der Waals surface area contributed by atoms with Crippen LogP contribution in [0, 0.1) is 11.6 Å². The molecule has 1 heterocycles. The van der Waals surface area contributed by atoms with Gasteiger partial charge in [-0.15, -0.1) is 0 Å². The normalized spacial score (nSPS) is 12.4. The van der Waals surface area contributed by atoms with Crippen LogP contribution in [-0.2, 0) is 6.42 Å². The topological polar surface area (TPSA) is 46.0 Å². The van der Waals surface area contributed by atoms with Crippen molar-refractivity contribution in [2.75, 3.05) is 0 Å². The molecule has 88 valence electrons. The predicted octanol–water partition coefficient (Wildman–Crippen LogP) is 2.03. The Morgan fingerprint density at radius 2 is 2.06 bits per heavy atom. The van der Waals surface area contributed by atoms with E-state index < -0.39 is 17.7 Å². The summed E-state index contributed by atoms with van der Waals surface area (Å²) < 4.78 is 26.3. The standard InChI is InChI=1S/C12H10F2N2O/c13-9-3-1-2-8(12(9)14)6-11(17)10-4-5-15-7-16-10/h1-5,7,11,17H,6H2. The van der Waals surface area contributed by atoms with Gasteiger partial charge in [-0.05, 0) is 17.7 Å². The highest BCUT2D eigenvalue weighted by Gasteiger charge is 2.14. The Balaban J connectivity index is 2.19. The van der Waals surface area contributed by atoms with Crippen LogP contribution in [0.5, 0.6) is 0 Å². The Hall–Kier alpha value is -1.88. The Labute approximate surface area is 96.8 Å². The van der Waals surface area contributed by atoms with E-state index >= 15 is 0 Å². The molecule has 0 aliphatic rings. The van der Waals surface area contributed by atoms with Gasteiger partial charge in [0.25, 0.3) is 0 Å². The van der Waals surface area contributed by atoms with Gasteiger partial charge < -0.3 is 5.11 Å². The lowest BCUT2D eigenvalue weighted by Crippen LogP contribution is -2.06. The molecule has 0 bridgehead atoms. The van der Waals surface area contributed by atoms with Crippen molar-refractivity contribution in [1.29, 1.82) is 0 Å². The van der Waals surface area contributed by atoms with Gasteiger partial charge in [-0.25, -0.2) is 18.7 Å². The molecular formula is C12H10F2N2O. The third-order valence-electron chi connectivity index (χ3n) is 2.39. The van der Waals surface area contributed by atoms with Gasteiger partial charge in [0, 0.05) is 12.6 Å². The first kappa shape index (κ1) is 11.6. The molecule has 0 saturated heterocycles. The molecule has 0 amide bonds. The van der Waals surface area contributed by atoms with E-state index in [1.807, 2.05) is 0 Å². The summed E-state index contributed by atoms with van der Waals surface area (Å²) in [5.74, 6) is -1.85. The van der Waals surface area contributed by atoms with Crippen molar-refractivity contribution in [3.05, 3.63) is 59.7 Å². The maximum Gasteiger partial charge on any atom is 0.162 e. The van der Waals surface area contributed by atoms with Crippen LogP contribution >= 0.6 is 0 Å². The van der Waals surface area contributed by atoms with E-state index in [9.17, 15) is 13.9 Å². The third kappa shape index (κ3) is 2.62. The molecule has 0 fully saturated rings. The fraction of sp³-hybridized carbons (Fsp3) is 0.167. The average Bonchev–Trinajstić information content (AvgIpc) is 2.36. The molecule has 0 saturated carbocycles. The fourth-order valence-corrected chi connectivity index (χ4v) is 1.52. The first-order valence-electron chi connectivity index (χ1n) is 5.05. The number of hydrogen-bond acceptors (Lipinski definition) is 3. The molecule has 2 aromatic rings. The summed E-state index contributed by atoms with van der Waals surface area (Å²) >= 11 is 0. The molecule has 3 nitrogen and oxygen atoms in total. The summed E-state index contributed by atoms with van der Waals surface area (Å²) in [6, 6.07) is 5.40. The second kappa shape index (κ2) is 4.97. The van der Waals surface area contributed by atoms with Crippen molar-refractivity contribution in [3.8, 4) is 0 Å². The highest BCUT2D eigenvalue weighted by molar-refractivity contribution is 5.21.